The van der Waals surface area contributed by atoms with Gasteiger partial charge in [-0.3, -0.25) is 4.98 Å². The third-order valence-corrected chi connectivity index (χ3v) is 3.30. The van der Waals surface area contributed by atoms with Crippen LogP contribution in [0.1, 0.15) is 12.6 Å². The number of aromatic nitrogens is 1. The van der Waals surface area contributed by atoms with Gasteiger partial charge in [0.1, 0.15) is 5.69 Å². The summed E-state index contributed by atoms with van der Waals surface area (Å²) in [6, 6.07) is 3.81. The van der Waals surface area contributed by atoms with Crippen molar-refractivity contribution in [3.8, 4) is 0 Å². The Morgan fingerprint density at radius 1 is 1.44 bits per heavy atom. The Labute approximate surface area is 107 Å². The van der Waals surface area contributed by atoms with E-state index >= 15 is 0 Å². The van der Waals surface area contributed by atoms with E-state index in [0.717, 1.165) is 38.4 Å². The van der Waals surface area contributed by atoms with Gasteiger partial charge in [-0.2, -0.15) is 0 Å². The average molecular weight is 249 g/mol. The molecule has 6 heteroatoms. The molecule has 0 spiro atoms. The molecule has 1 saturated heterocycles. The van der Waals surface area contributed by atoms with Gasteiger partial charge in [-0.05, 0) is 18.7 Å². The highest BCUT2D eigenvalue weighted by atomic mass is 16.4. The second kappa shape index (κ2) is 5.68. The molecule has 0 atom stereocenters. The Hall–Kier alpha value is -1.82. The fraction of sp³-hybridized carbons (Fsp3) is 0.500. The lowest BCUT2D eigenvalue weighted by Gasteiger charge is -2.35. The number of piperazine rings is 1. The maximum atomic E-state index is 8.66. The number of hydrogen-bond acceptors (Lipinski definition) is 5. The van der Waals surface area contributed by atoms with Crippen LogP contribution >= 0.6 is 0 Å². The van der Waals surface area contributed by atoms with E-state index in [1.807, 2.05) is 12.1 Å². The number of amidine groups is 1. The Balaban J connectivity index is 2.10. The van der Waals surface area contributed by atoms with Crippen molar-refractivity contribution in [1.82, 2.24) is 9.88 Å². The monoisotopic (exact) mass is 249 g/mol. The first-order valence-corrected chi connectivity index (χ1v) is 6.16. The third-order valence-electron chi connectivity index (χ3n) is 3.30. The summed E-state index contributed by atoms with van der Waals surface area (Å²) in [5.74, 6) is 0.0454. The molecule has 0 saturated carbocycles. The van der Waals surface area contributed by atoms with E-state index in [4.69, 9.17) is 10.9 Å². The highest BCUT2D eigenvalue weighted by molar-refractivity contribution is 5.95. The SMILES string of the molecule is CCN1CCN(c2ccnc(/C(N)=N/O)c2)CC1. The van der Waals surface area contributed by atoms with Gasteiger partial charge in [0.15, 0.2) is 5.84 Å². The van der Waals surface area contributed by atoms with Crippen LogP contribution in [0.4, 0.5) is 5.69 Å². The third kappa shape index (κ3) is 2.70. The number of rotatable bonds is 3. The Morgan fingerprint density at radius 2 is 2.17 bits per heavy atom. The lowest BCUT2D eigenvalue weighted by Crippen LogP contribution is -2.46. The van der Waals surface area contributed by atoms with Gasteiger partial charge in [0, 0.05) is 38.1 Å². The zero-order valence-corrected chi connectivity index (χ0v) is 10.6. The first kappa shape index (κ1) is 12.6. The van der Waals surface area contributed by atoms with Crippen LogP contribution in [0.5, 0.6) is 0 Å². The molecule has 1 aliphatic heterocycles. The van der Waals surface area contributed by atoms with Gasteiger partial charge in [0.25, 0.3) is 0 Å². The van der Waals surface area contributed by atoms with Gasteiger partial charge >= 0.3 is 0 Å². The number of nitrogens with two attached hydrogens (primary N) is 1. The van der Waals surface area contributed by atoms with Crippen LogP contribution in [-0.2, 0) is 0 Å². The Kier molecular flexibility index (Phi) is 3.99. The van der Waals surface area contributed by atoms with E-state index in [2.05, 4.69) is 26.9 Å². The summed E-state index contributed by atoms with van der Waals surface area (Å²) in [5.41, 5.74) is 7.13. The second-order valence-corrected chi connectivity index (χ2v) is 4.31. The first-order chi connectivity index (χ1) is 8.74. The fourth-order valence-corrected chi connectivity index (χ4v) is 2.13. The first-order valence-electron chi connectivity index (χ1n) is 6.16. The van der Waals surface area contributed by atoms with E-state index in [1.54, 1.807) is 6.20 Å². The van der Waals surface area contributed by atoms with Crippen LogP contribution < -0.4 is 10.6 Å². The molecular formula is C12H19N5O. The highest BCUT2D eigenvalue weighted by Crippen LogP contribution is 2.16. The van der Waals surface area contributed by atoms with Crippen molar-refractivity contribution in [2.75, 3.05) is 37.6 Å². The van der Waals surface area contributed by atoms with Crippen LogP contribution in [0.2, 0.25) is 0 Å². The second-order valence-electron chi connectivity index (χ2n) is 4.31. The van der Waals surface area contributed by atoms with Crippen LogP contribution in [0.3, 0.4) is 0 Å². The number of anilines is 1. The topological polar surface area (TPSA) is 78.0 Å². The molecule has 1 aromatic heterocycles. The van der Waals surface area contributed by atoms with Crippen molar-refractivity contribution < 1.29 is 5.21 Å². The maximum absolute atomic E-state index is 8.66. The minimum Gasteiger partial charge on any atom is -0.409 e. The molecule has 2 rings (SSSR count). The molecule has 0 amide bonds. The van der Waals surface area contributed by atoms with Crippen LogP contribution in [-0.4, -0.2) is 53.7 Å². The van der Waals surface area contributed by atoms with Crippen LogP contribution in [0, 0.1) is 0 Å². The molecule has 0 unspecified atom stereocenters. The minimum absolute atomic E-state index is 0.0454. The largest absolute Gasteiger partial charge is 0.409 e. The van der Waals surface area contributed by atoms with Crippen molar-refractivity contribution >= 4 is 11.5 Å². The summed E-state index contributed by atoms with van der Waals surface area (Å²) in [4.78, 5) is 8.80. The van der Waals surface area contributed by atoms with Gasteiger partial charge in [-0.15, -0.1) is 0 Å². The molecule has 0 radical (unpaired) electrons. The molecule has 0 aliphatic carbocycles. The Bertz CT molecular complexity index is 426. The molecule has 1 aliphatic rings. The van der Waals surface area contributed by atoms with Gasteiger partial charge in [-0.1, -0.05) is 12.1 Å². The molecule has 0 aromatic carbocycles. The van der Waals surface area contributed by atoms with E-state index in [-0.39, 0.29) is 5.84 Å². The number of pyridine rings is 1. The lowest BCUT2D eigenvalue weighted by molar-refractivity contribution is 0.271. The summed E-state index contributed by atoms with van der Waals surface area (Å²) in [6.07, 6.45) is 1.69. The number of hydrogen-bond donors (Lipinski definition) is 2. The summed E-state index contributed by atoms with van der Waals surface area (Å²) in [6.45, 7) is 7.40. The molecular weight excluding hydrogens is 230 g/mol. The predicted octanol–water partition coefficient (Wildman–Crippen LogP) is 0.318. The summed E-state index contributed by atoms with van der Waals surface area (Å²) < 4.78 is 0. The molecule has 2 heterocycles. The summed E-state index contributed by atoms with van der Waals surface area (Å²) >= 11 is 0. The van der Waals surface area contributed by atoms with Gasteiger partial charge in [0.05, 0.1) is 0 Å². The average Bonchev–Trinajstić information content (AvgIpc) is 2.46. The lowest BCUT2D eigenvalue weighted by atomic mass is 10.2. The molecule has 98 valence electrons. The van der Waals surface area contributed by atoms with E-state index in [1.165, 1.54) is 0 Å². The van der Waals surface area contributed by atoms with Crippen LogP contribution in [0.15, 0.2) is 23.5 Å². The van der Waals surface area contributed by atoms with Crippen molar-refractivity contribution in [1.29, 1.82) is 0 Å². The predicted molar refractivity (Wildman–Crippen MR) is 71.1 cm³/mol. The quantitative estimate of drug-likeness (QED) is 0.349. The number of oxime groups is 1. The molecule has 1 fully saturated rings. The van der Waals surface area contributed by atoms with Crippen molar-refractivity contribution in [2.45, 2.75) is 6.92 Å². The maximum Gasteiger partial charge on any atom is 0.188 e. The van der Waals surface area contributed by atoms with Gasteiger partial charge in [0.2, 0.25) is 0 Å². The van der Waals surface area contributed by atoms with Gasteiger partial charge < -0.3 is 20.7 Å². The van der Waals surface area contributed by atoms with Crippen molar-refractivity contribution in [3.05, 3.63) is 24.0 Å². The molecule has 18 heavy (non-hydrogen) atoms. The zero-order chi connectivity index (χ0) is 13.0. The summed E-state index contributed by atoms with van der Waals surface area (Å²) in [7, 11) is 0. The van der Waals surface area contributed by atoms with Crippen molar-refractivity contribution in [3.63, 3.8) is 0 Å². The standard InChI is InChI=1S/C12H19N5O/c1-2-16-5-7-17(8-6-16)10-3-4-14-11(9-10)12(13)15-18/h3-4,9,18H,2,5-8H2,1H3,(H2,13,15). The molecule has 6 nitrogen and oxygen atoms in total. The van der Waals surface area contributed by atoms with E-state index in [9.17, 15) is 0 Å². The van der Waals surface area contributed by atoms with Crippen molar-refractivity contribution in [2.24, 2.45) is 10.9 Å². The minimum atomic E-state index is 0.0454. The highest BCUT2D eigenvalue weighted by Gasteiger charge is 2.16. The normalized spacial score (nSPS) is 18.1. The fourth-order valence-electron chi connectivity index (χ4n) is 2.13. The smallest absolute Gasteiger partial charge is 0.188 e. The Morgan fingerprint density at radius 3 is 2.78 bits per heavy atom. The molecule has 1 aromatic rings. The number of likely N-dealkylation sites (N-methyl/N-ethyl adjacent to an activating group) is 1. The molecule has 3 N–H and O–H groups in total. The zero-order valence-electron chi connectivity index (χ0n) is 10.6. The number of nitrogens with zero attached hydrogens (tertiary/aromatic N) is 4. The van der Waals surface area contributed by atoms with E-state index in [0.29, 0.717) is 5.69 Å². The van der Waals surface area contributed by atoms with Crippen LogP contribution in [0.25, 0.3) is 0 Å². The van der Waals surface area contributed by atoms with Gasteiger partial charge in [-0.25, -0.2) is 0 Å². The molecule has 0 bridgehead atoms. The van der Waals surface area contributed by atoms with E-state index < -0.39 is 0 Å². The summed E-state index contributed by atoms with van der Waals surface area (Å²) in [5, 5.41) is 11.6.